The first kappa shape index (κ1) is 27.9. The normalized spacial score (nSPS) is 14.4. The third-order valence-electron chi connectivity index (χ3n) is 4.74. The Morgan fingerprint density at radius 1 is 0.935 bits per heavy atom. The van der Waals surface area contributed by atoms with Gasteiger partial charge in [0.2, 0.25) is 11.8 Å². The van der Waals surface area contributed by atoms with E-state index < -0.39 is 35.9 Å². The van der Waals surface area contributed by atoms with Crippen LogP contribution >= 0.6 is 0 Å². The lowest BCUT2D eigenvalue weighted by molar-refractivity contribution is -0.143. The molecule has 0 saturated heterocycles. The number of carbonyl (C=O) groups excluding carboxylic acids is 2. The molecule has 0 unspecified atom stereocenters. The second-order valence-electron chi connectivity index (χ2n) is 7.34. The highest BCUT2D eigenvalue weighted by Gasteiger charge is 2.30. The summed E-state index contributed by atoms with van der Waals surface area (Å²) < 4.78 is 0. The van der Waals surface area contributed by atoms with E-state index in [4.69, 9.17) is 28.0 Å². The standard InChI is InChI=1S/C18H37N9O4/c1-3-10(2)13(16(30)31)27-15(29)12(7-5-9-25-18(22)23)26-14(28)11(19)6-4-8-24-17(20)21/h10-13H,3-9,19H2,1-2H3,(H,26,28)(H,27,29)(H,30,31)(H4,20,21,24)(H4,22,23,25)/t10-,11-,12+,13-/m0/s1. The molecule has 0 heterocycles. The van der Waals surface area contributed by atoms with Crippen LogP contribution < -0.4 is 38.5 Å². The number of nitrogens with one attached hydrogen (secondary N) is 6. The van der Waals surface area contributed by atoms with Crippen LogP contribution in [0.1, 0.15) is 46.0 Å². The number of amides is 2. The van der Waals surface area contributed by atoms with Crippen LogP contribution in [-0.2, 0) is 14.4 Å². The Bertz CT molecular complexity index is 629. The van der Waals surface area contributed by atoms with Crippen LogP contribution in [0.2, 0.25) is 0 Å². The Labute approximate surface area is 182 Å². The number of aliphatic carboxylic acids is 1. The minimum atomic E-state index is -1.15. The number of carbonyl (C=O) groups is 3. The minimum absolute atomic E-state index is 0.178. The first-order valence-electron chi connectivity index (χ1n) is 10.2. The predicted molar refractivity (Wildman–Crippen MR) is 117 cm³/mol. The lowest BCUT2D eigenvalue weighted by atomic mass is 9.98. The number of nitrogens with two attached hydrogens (primary N) is 3. The molecule has 0 aliphatic heterocycles. The Hall–Kier alpha value is -3.09. The largest absolute Gasteiger partial charge is 0.480 e. The number of hydrogen-bond acceptors (Lipinski definition) is 6. The minimum Gasteiger partial charge on any atom is -0.480 e. The van der Waals surface area contributed by atoms with Crippen molar-refractivity contribution in [3.8, 4) is 0 Å². The van der Waals surface area contributed by atoms with Crippen molar-refractivity contribution in [1.82, 2.24) is 21.3 Å². The van der Waals surface area contributed by atoms with E-state index in [0.29, 0.717) is 38.8 Å². The highest BCUT2D eigenvalue weighted by atomic mass is 16.4. The highest BCUT2D eigenvalue weighted by Crippen LogP contribution is 2.09. The van der Waals surface area contributed by atoms with Gasteiger partial charge in [-0.3, -0.25) is 20.4 Å². The molecule has 0 aromatic carbocycles. The summed E-state index contributed by atoms with van der Waals surface area (Å²) in [4.78, 5) is 36.7. The van der Waals surface area contributed by atoms with Crippen LogP contribution in [0.4, 0.5) is 0 Å². The van der Waals surface area contributed by atoms with E-state index >= 15 is 0 Å². The van der Waals surface area contributed by atoms with Crippen LogP contribution in [0.3, 0.4) is 0 Å². The summed E-state index contributed by atoms with van der Waals surface area (Å²) in [5, 5.41) is 34.0. The zero-order valence-electron chi connectivity index (χ0n) is 18.2. The van der Waals surface area contributed by atoms with Gasteiger partial charge in [-0.2, -0.15) is 0 Å². The molecule has 0 aromatic heterocycles. The number of carboxylic acid groups (broad SMARTS) is 1. The van der Waals surface area contributed by atoms with Crippen molar-refractivity contribution in [2.75, 3.05) is 13.1 Å². The molecular weight excluding hydrogens is 406 g/mol. The maximum absolute atomic E-state index is 12.7. The monoisotopic (exact) mass is 443 g/mol. The molecule has 0 radical (unpaired) electrons. The Balaban J connectivity index is 5.02. The van der Waals surface area contributed by atoms with Crippen molar-refractivity contribution in [3.05, 3.63) is 0 Å². The average Bonchev–Trinajstić information content (AvgIpc) is 2.69. The molecule has 13 nitrogen and oxygen atoms in total. The SMILES string of the molecule is CC[C@H](C)[C@H](NC(=O)[C@@H](CCCNC(=N)N)NC(=O)[C@@H](N)CCCNC(=N)N)C(=O)O. The van der Waals surface area contributed by atoms with Crippen LogP contribution in [0.25, 0.3) is 0 Å². The number of rotatable bonds is 15. The fourth-order valence-corrected chi connectivity index (χ4v) is 2.69. The van der Waals surface area contributed by atoms with Gasteiger partial charge >= 0.3 is 5.97 Å². The van der Waals surface area contributed by atoms with E-state index in [-0.39, 0.29) is 24.3 Å². The van der Waals surface area contributed by atoms with Crippen molar-refractivity contribution >= 4 is 29.7 Å². The molecule has 13 N–H and O–H groups in total. The number of carboxylic acids is 1. The first-order valence-corrected chi connectivity index (χ1v) is 10.2. The smallest absolute Gasteiger partial charge is 0.326 e. The third kappa shape index (κ3) is 12.3. The molecule has 0 saturated carbocycles. The molecule has 0 aliphatic carbocycles. The molecule has 0 fully saturated rings. The topological polar surface area (TPSA) is 245 Å². The van der Waals surface area contributed by atoms with E-state index in [9.17, 15) is 19.5 Å². The molecule has 13 heteroatoms. The molecule has 0 aromatic rings. The molecule has 31 heavy (non-hydrogen) atoms. The van der Waals surface area contributed by atoms with E-state index in [1.54, 1.807) is 6.92 Å². The highest BCUT2D eigenvalue weighted by molar-refractivity contribution is 5.91. The number of guanidine groups is 2. The quantitative estimate of drug-likeness (QED) is 0.0758. The van der Waals surface area contributed by atoms with Crippen molar-refractivity contribution in [2.45, 2.75) is 64.1 Å². The van der Waals surface area contributed by atoms with Gasteiger partial charge in [-0.05, 0) is 31.6 Å². The average molecular weight is 444 g/mol. The van der Waals surface area contributed by atoms with E-state index in [2.05, 4.69) is 21.3 Å². The molecular formula is C18H37N9O4. The summed E-state index contributed by atoms with van der Waals surface area (Å²) in [6, 6.07) is -2.96. The van der Waals surface area contributed by atoms with Gasteiger partial charge in [0.15, 0.2) is 11.9 Å². The van der Waals surface area contributed by atoms with Crippen molar-refractivity contribution < 1.29 is 19.5 Å². The molecule has 0 rings (SSSR count). The zero-order valence-corrected chi connectivity index (χ0v) is 18.2. The Morgan fingerprint density at radius 2 is 1.45 bits per heavy atom. The van der Waals surface area contributed by atoms with Gasteiger partial charge in [0.25, 0.3) is 0 Å². The van der Waals surface area contributed by atoms with Gasteiger partial charge in [0.1, 0.15) is 12.1 Å². The molecule has 2 amide bonds. The van der Waals surface area contributed by atoms with Gasteiger partial charge in [0.05, 0.1) is 6.04 Å². The summed E-state index contributed by atoms with van der Waals surface area (Å²) in [7, 11) is 0. The summed E-state index contributed by atoms with van der Waals surface area (Å²) >= 11 is 0. The zero-order chi connectivity index (χ0) is 24.0. The van der Waals surface area contributed by atoms with Gasteiger partial charge in [-0.15, -0.1) is 0 Å². The third-order valence-corrected chi connectivity index (χ3v) is 4.74. The first-order chi connectivity index (χ1) is 14.5. The summed E-state index contributed by atoms with van der Waals surface area (Å²) in [6.07, 6.45) is 1.94. The van der Waals surface area contributed by atoms with Crippen LogP contribution in [0.5, 0.6) is 0 Å². The van der Waals surface area contributed by atoms with Gasteiger partial charge in [-0.25, -0.2) is 4.79 Å². The molecule has 0 bridgehead atoms. The number of hydrogen-bond donors (Lipinski definition) is 10. The van der Waals surface area contributed by atoms with Gasteiger partial charge in [-0.1, -0.05) is 20.3 Å². The molecule has 4 atom stereocenters. The van der Waals surface area contributed by atoms with E-state index in [0.717, 1.165) is 0 Å². The lowest BCUT2D eigenvalue weighted by Gasteiger charge is -2.25. The van der Waals surface area contributed by atoms with Gasteiger partial charge in [0, 0.05) is 13.1 Å². The Morgan fingerprint density at radius 3 is 1.90 bits per heavy atom. The van der Waals surface area contributed by atoms with Crippen molar-refractivity contribution in [3.63, 3.8) is 0 Å². The summed E-state index contributed by atoms with van der Waals surface area (Å²) in [6.45, 7) is 4.23. The summed E-state index contributed by atoms with van der Waals surface area (Å²) in [5.74, 6) is -3.00. The van der Waals surface area contributed by atoms with Crippen LogP contribution in [-0.4, -0.2) is 66.0 Å². The van der Waals surface area contributed by atoms with Crippen LogP contribution in [0.15, 0.2) is 0 Å². The second-order valence-corrected chi connectivity index (χ2v) is 7.34. The van der Waals surface area contributed by atoms with Crippen molar-refractivity contribution in [1.29, 1.82) is 10.8 Å². The fraction of sp³-hybridized carbons (Fsp3) is 0.722. The maximum atomic E-state index is 12.7. The lowest BCUT2D eigenvalue weighted by Crippen LogP contribution is -2.55. The maximum Gasteiger partial charge on any atom is 0.326 e. The van der Waals surface area contributed by atoms with Crippen molar-refractivity contribution in [2.24, 2.45) is 23.1 Å². The van der Waals surface area contributed by atoms with E-state index in [1.165, 1.54) is 0 Å². The fourth-order valence-electron chi connectivity index (χ4n) is 2.69. The van der Waals surface area contributed by atoms with E-state index in [1.807, 2.05) is 6.92 Å². The summed E-state index contributed by atoms with van der Waals surface area (Å²) in [5.41, 5.74) is 16.3. The predicted octanol–water partition coefficient (Wildman–Crippen LogP) is -2.06. The van der Waals surface area contributed by atoms with Crippen LogP contribution in [0, 0.1) is 16.7 Å². The molecule has 0 spiro atoms. The second kappa shape index (κ2) is 14.8. The molecule has 0 aliphatic rings. The Kier molecular flexibility index (Phi) is 13.3. The molecule has 178 valence electrons. The van der Waals surface area contributed by atoms with Gasteiger partial charge < -0.3 is 43.6 Å².